The van der Waals surface area contributed by atoms with Crippen LogP contribution in [0.2, 0.25) is 0 Å². The number of hydrogen-bond donors (Lipinski definition) is 1. The molecule has 1 atom stereocenters. The summed E-state index contributed by atoms with van der Waals surface area (Å²) >= 11 is 0. The molecule has 1 aromatic rings. The Kier molecular flexibility index (Phi) is 8.06. The first-order valence-corrected chi connectivity index (χ1v) is 11.0. The molecule has 1 saturated heterocycles. The normalized spacial score (nSPS) is 17.8. The quantitative estimate of drug-likeness (QED) is 0.665. The van der Waals surface area contributed by atoms with Gasteiger partial charge in [0.2, 0.25) is 15.9 Å². The lowest BCUT2D eigenvalue weighted by Gasteiger charge is -2.30. The van der Waals surface area contributed by atoms with Crippen molar-refractivity contribution in [3.63, 3.8) is 0 Å². The van der Waals surface area contributed by atoms with Crippen LogP contribution in [0.15, 0.2) is 30.3 Å². The average Bonchev–Trinajstić information content (AvgIpc) is 2.68. The zero-order valence-electron chi connectivity index (χ0n) is 15.7. The van der Waals surface area contributed by atoms with Crippen molar-refractivity contribution in [3.8, 4) is 0 Å². The highest BCUT2D eigenvalue weighted by Crippen LogP contribution is 2.20. The van der Waals surface area contributed by atoms with Crippen molar-refractivity contribution in [1.29, 1.82) is 0 Å². The highest BCUT2D eigenvalue weighted by atomic mass is 32.2. The van der Waals surface area contributed by atoms with E-state index >= 15 is 0 Å². The van der Waals surface area contributed by atoms with Gasteiger partial charge in [-0.2, -0.15) is 0 Å². The molecule has 0 aliphatic carbocycles. The highest BCUT2D eigenvalue weighted by molar-refractivity contribution is 7.89. The molecule has 1 heterocycles. The number of carbonyl (C=O) groups excluding carboxylic acids is 1. The van der Waals surface area contributed by atoms with Crippen molar-refractivity contribution in [2.24, 2.45) is 5.92 Å². The molecule has 26 heavy (non-hydrogen) atoms. The van der Waals surface area contributed by atoms with Crippen LogP contribution in [0.4, 0.5) is 0 Å². The summed E-state index contributed by atoms with van der Waals surface area (Å²) in [6.45, 7) is 5.70. The Hall–Kier alpha value is -1.44. The molecule has 1 N–H and O–H groups in total. The third-order valence-corrected chi connectivity index (χ3v) is 6.72. The monoisotopic (exact) mass is 382 g/mol. The van der Waals surface area contributed by atoms with E-state index in [0.717, 1.165) is 12.0 Å². The molecule has 2 rings (SSSR count). The first kappa shape index (κ1) is 20.9. The highest BCUT2D eigenvalue weighted by Gasteiger charge is 2.29. The molecule has 146 valence electrons. The van der Waals surface area contributed by atoms with Gasteiger partial charge in [0, 0.05) is 32.2 Å². The lowest BCUT2D eigenvalue weighted by Crippen LogP contribution is -2.43. The van der Waals surface area contributed by atoms with Crippen LogP contribution in [0, 0.1) is 5.92 Å². The second-order valence-electron chi connectivity index (χ2n) is 6.64. The van der Waals surface area contributed by atoms with Crippen LogP contribution < -0.4 is 5.32 Å². The largest absolute Gasteiger partial charge is 0.374 e. The molecule has 1 amide bonds. The molecule has 1 aromatic carbocycles. The number of piperidine rings is 1. The van der Waals surface area contributed by atoms with Crippen molar-refractivity contribution >= 4 is 15.9 Å². The minimum atomic E-state index is -3.14. The second-order valence-corrected chi connectivity index (χ2v) is 8.90. The van der Waals surface area contributed by atoms with Gasteiger partial charge in [0.1, 0.15) is 0 Å². The maximum absolute atomic E-state index is 12.2. The number of hydrogen-bond acceptors (Lipinski definition) is 4. The van der Waals surface area contributed by atoms with E-state index in [0.29, 0.717) is 39.1 Å². The van der Waals surface area contributed by atoms with Crippen LogP contribution in [0.1, 0.15) is 44.8 Å². The number of rotatable bonds is 9. The van der Waals surface area contributed by atoms with Gasteiger partial charge in [0.05, 0.1) is 11.9 Å². The molecule has 0 saturated carbocycles. The van der Waals surface area contributed by atoms with Crippen LogP contribution in [0.5, 0.6) is 0 Å². The fraction of sp³-hybridized carbons (Fsp3) is 0.632. The van der Waals surface area contributed by atoms with Gasteiger partial charge in [0.15, 0.2) is 0 Å². The number of ether oxygens (including phenoxy) is 1. The molecular weight excluding hydrogens is 352 g/mol. The van der Waals surface area contributed by atoms with Crippen molar-refractivity contribution in [3.05, 3.63) is 35.9 Å². The van der Waals surface area contributed by atoms with Gasteiger partial charge in [-0.05, 0) is 38.7 Å². The first-order valence-electron chi connectivity index (χ1n) is 9.36. The second kappa shape index (κ2) is 10.0. The van der Waals surface area contributed by atoms with Crippen LogP contribution in [0.3, 0.4) is 0 Å². The minimum Gasteiger partial charge on any atom is -0.374 e. The summed E-state index contributed by atoms with van der Waals surface area (Å²) in [4.78, 5) is 12.2. The molecule has 0 radical (unpaired) electrons. The molecular formula is C19H30N2O4S. The number of nitrogens with one attached hydrogen (secondary N) is 1. The predicted octanol–water partition coefficient (Wildman–Crippen LogP) is 2.33. The first-order chi connectivity index (χ1) is 12.4. The van der Waals surface area contributed by atoms with E-state index in [1.54, 1.807) is 6.92 Å². The third kappa shape index (κ3) is 6.07. The molecule has 7 heteroatoms. The minimum absolute atomic E-state index is 0.0228. The third-order valence-electron chi connectivity index (χ3n) is 4.84. The van der Waals surface area contributed by atoms with Gasteiger partial charge >= 0.3 is 0 Å². The van der Waals surface area contributed by atoms with Gasteiger partial charge in [-0.25, -0.2) is 12.7 Å². The fourth-order valence-electron chi connectivity index (χ4n) is 3.09. The molecule has 1 aliphatic heterocycles. The zero-order chi connectivity index (χ0) is 19.0. The Bertz CT molecular complexity index is 655. The van der Waals surface area contributed by atoms with Gasteiger partial charge in [0.25, 0.3) is 0 Å². The summed E-state index contributed by atoms with van der Waals surface area (Å²) < 4.78 is 31.0. The van der Waals surface area contributed by atoms with Crippen LogP contribution in [-0.2, 0) is 19.6 Å². The van der Waals surface area contributed by atoms with E-state index in [9.17, 15) is 13.2 Å². The van der Waals surface area contributed by atoms with Crippen LogP contribution in [0.25, 0.3) is 0 Å². The van der Waals surface area contributed by atoms with Gasteiger partial charge in [-0.1, -0.05) is 30.3 Å². The Labute approximate surface area is 157 Å². The maximum atomic E-state index is 12.2. The lowest BCUT2D eigenvalue weighted by molar-refractivity contribution is -0.126. The zero-order valence-corrected chi connectivity index (χ0v) is 16.5. The van der Waals surface area contributed by atoms with Gasteiger partial charge in [-0.3, -0.25) is 4.79 Å². The standard InChI is InChI=1S/C19H30N2O4S/c1-3-26(23,24)21-13-10-18(11-14-21)19(22)20-12-7-15-25-16(2)17-8-5-4-6-9-17/h4-6,8-9,16,18H,3,7,10-15H2,1-2H3,(H,20,22). The molecule has 6 nitrogen and oxygen atoms in total. The maximum Gasteiger partial charge on any atom is 0.223 e. The Morgan fingerprint density at radius 2 is 1.92 bits per heavy atom. The van der Waals surface area contributed by atoms with Crippen molar-refractivity contribution < 1.29 is 17.9 Å². The number of carbonyl (C=O) groups is 1. The topological polar surface area (TPSA) is 75.7 Å². The molecule has 1 fully saturated rings. The van der Waals surface area contributed by atoms with Crippen molar-refractivity contribution in [1.82, 2.24) is 9.62 Å². The van der Waals surface area contributed by atoms with Gasteiger partial charge in [-0.15, -0.1) is 0 Å². The number of benzene rings is 1. The SMILES string of the molecule is CCS(=O)(=O)N1CCC(C(=O)NCCCOC(C)c2ccccc2)CC1. The number of nitrogens with zero attached hydrogens (tertiary/aromatic N) is 1. The van der Waals surface area contributed by atoms with E-state index in [1.807, 2.05) is 37.3 Å². The van der Waals surface area contributed by atoms with Crippen LogP contribution >= 0.6 is 0 Å². The molecule has 0 bridgehead atoms. The molecule has 1 unspecified atom stereocenters. The molecule has 0 aromatic heterocycles. The van der Waals surface area contributed by atoms with E-state index in [2.05, 4.69) is 5.32 Å². The summed E-state index contributed by atoms with van der Waals surface area (Å²) in [5, 5.41) is 2.95. The summed E-state index contributed by atoms with van der Waals surface area (Å²) in [6, 6.07) is 10.0. The lowest BCUT2D eigenvalue weighted by atomic mass is 9.97. The van der Waals surface area contributed by atoms with Crippen molar-refractivity contribution in [2.45, 2.75) is 39.2 Å². The van der Waals surface area contributed by atoms with E-state index in [-0.39, 0.29) is 23.7 Å². The van der Waals surface area contributed by atoms with Gasteiger partial charge < -0.3 is 10.1 Å². The van der Waals surface area contributed by atoms with E-state index in [4.69, 9.17) is 4.74 Å². The predicted molar refractivity (Wildman–Crippen MR) is 102 cm³/mol. The summed E-state index contributed by atoms with van der Waals surface area (Å²) in [5.41, 5.74) is 1.14. The molecule has 1 aliphatic rings. The number of amides is 1. The summed E-state index contributed by atoms with van der Waals surface area (Å²) in [6.07, 6.45) is 1.97. The fourth-order valence-corrected chi connectivity index (χ4v) is 4.22. The summed E-state index contributed by atoms with van der Waals surface area (Å²) in [5.74, 6) is 0.0442. The van der Waals surface area contributed by atoms with Crippen molar-refractivity contribution in [2.75, 3.05) is 32.0 Å². The van der Waals surface area contributed by atoms with Crippen LogP contribution in [-0.4, -0.2) is 50.6 Å². The number of sulfonamides is 1. The van der Waals surface area contributed by atoms with E-state index < -0.39 is 10.0 Å². The molecule has 0 spiro atoms. The average molecular weight is 383 g/mol. The smallest absolute Gasteiger partial charge is 0.223 e. The summed E-state index contributed by atoms with van der Waals surface area (Å²) in [7, 11) is -3.14. The van der Waals surface area contributed by atoms with E-state index in [1.165, 1.54) is 4.31 Å². The Morgan fingerprint density at radius 3 is 2.54 bits per heavy atom. The Morgan fingerprint density at radius 1 is 1.27 bits per heavy atom. The Balaban J connectivity index is 1.61.